The van der Waals surface area contributed by atoms with Crippen LogP contribution in [0.1, 0.15) is 11.4 Å². The molecule has 0 unspecified atom stereocenters. The first-order valence-electron chi connectivity index (χ1n) is 6.17. The third-order valence-electron chi connectivity index (χ3n) is 2.75. The highest BCUT2D eigenvalue weighted by molar-refractivity contribution is 5.56. The maximum absolute atomic E-state index is 12.8. The smallest absolute Gasteiger partial charge is 0.394 e. The Bertz CT molecular complexity index is 611. The highest BCUT2D eigenvalue weighted by atomic mass is 19.4. The Labute approximate surface area is 119 Å². The minimum Gasteiger partial charge on any atom is -0.394 e. The Kier molecular flexibility index (Phi) is 4.59. The lowest BCUT2D eigenvalue weighted by Crippen LogP contribution is -2.08. The minimum atomic E-state index is -4.42. The van der Waals surface area contributed by atoms with E-state index < -0.39 is 11.7 Å². The van der Waals surface area contributed by atoms with Crippen molar-refractivity contribution < 1.29 is 23.0 Å². The third kappa shape index (κ3) is 3.59. The van der Waals surface area contributed by atoms with Crippen LogP contribution in [0.4, 0.5) is 13.2 Å². The number of rotatable bonds is 5. The lowest BCUT2D eigenvalue weighted by atomic mass is 10.1. The SMILES string of the molecule is COCc1nc(-c2cccc(C(F)(F)F)c2)n(CCO)n1. The topological polar surface area (TPSA) is 60.2 Å². The van der Waals surface area contributed by atoms with Crippen molar-refractivity contribution in [3.05, 3.63) is 35.7 Å². The molecule has 0 spiro atoms. The molecule has 21 heavy (non-hydrogen) atoms. The van der Waals surface area contributed by atoms with Crippen molar-refractivity contribution in [3.63, 3.8) is 0 Å². The average Bonchev–Trinajstić information content (AvgIpc) is 2.82. The van der Waals surface area contributed by atoms with Crippen LogP contribution in [0, 0.1) is 0 Å². The average molecular weight is 301 g/mol. The van der Waals surface area contributed by atoms with E-state index in [1.807, 2.05) is 0 Å². The van der Waals surface area contributed by atoms with Gasteiger partial charge in [0.1, 0.15) is 6.61 Å². The molecule has 1 aromatic heterocycles. The molecule has 0 aliphatic carbocycles. The lowest BCUT2D eigenvalue weighted by Gasteiger charge is -2.09. The summed E-state index contributed by atoms with van der Waals surface area (Å²) in [7, 11) is 1.47. The molecule has 0 atom stereocenters. The van der Waals surface area contributed by atoms with Gasteiger partial charge in [0, 0.05) is 12.7 Å². The summed E-state index contributed by atoms with van der Waals surface area (Å²) in [6, 6.07) is 4.83. The predicted molar refractivity (Wildman–Crippen MR) is 68.3 cm³/mol. The minimum absolute atomic E-state index is 0.141. The molecule has 0 aliphatic heterocycles. The molecule has 0 saturated carbocycles. The zero-order chi connectivity index (χ0) is 15.5. The molecular weight excluding hydrogens is 287 g/mol. The summed E-state index contributed by atoms with van der Waals surface area (Å²) in [6.07, 6.45) is -4.42. The van der Waals surface area contributed by atoms with E-state index in [-0.39, 0.29) is 31.1 Å². The predicted octanol–water partition coefficient (Wildman–Crippen LogP) is 2.10. The second-order valence-electron chi connectivity index (χ2n) is 4.31. The summed E-state index contributed by atoms with van der Waals surface area (Å²) < 4.78 is 44.5. The van der Waals surface area contributed by atoms with Gasteiger partial charge < -0.3 is 9.84 Å². The van der Waals surface area contributed by atoms with Crippen LogP contribution < -0.4 is 0 Å². The van der Waals surface area contributed by atoms with Gasteiger partial charge in [-0.05, 0) is 12.1 Å². The quantitative estimate of drug-likeness (QED) is 0.919. The maximum atomic E-state index is 12.8. The molecule has 0 aliphatic rings. The second-order valence-corrected chi connectivity index (χ2v) is 4.31. The largest absolute Gasteiger partial charge is 0.416 e. The van der Waals surface area contributed by atoms with Gasteiger partial charge in [-0.3, -0.25) is 0 Å². The number of benzene rings is 1. The Morgan fingerprint density at radius 2 is 2.10 bits per heavy atom. The first kappa shape index (κ1) is 15.5. The van der Waals surface area contributed by atoms with Crippen molar-refractivity contribution in [2.45, 2.75) is 19.3 Å². The normalized spacial score (nSPS) is 11.9. The molecule has 0 radical (unpaired) electrons. The van der Waals surface area contributed by atoms with E-state index in [1.165, 1.54) is 23.9 Å². The first-order valence-corrected chi connectivity index (χ1v) is 6.17. The van der Waals surface area contributed by atoms with Gasteiger partial charge in [-0.25, -0.2) is 9.67 Å². The van der Waals surface area contributed by atoms with Crippen LogP contribution in [0.25, 0.3) is 11.4 Å². The molecule has 8 heteroatoms. The van der Waals surface area contributed by atoms with Gasteiger partial charge in [0.15, 0.2) is 11.6 Å². The number of halogens is 3. The van der Waals surface area contributed by atoms with E-state index in [0.29, 0.717) is 5.82 Å². The van der Waals surface area contributed by atoms with E-state index >= 15 is 0 Å². The molecular formula is C13H14F3N3O2. The van der Waals surface area contributed by atoms with Gasteiger partial charge in [0.25, 0.3) is 0 Å². The molecule has 1 N–H and O–H groups in total. The number of aromatic nitrogens is 3. The first-order chi connectivity index (χ1) is 9.95. The Morgan fingerprint density at radius 3 is 2.71 bits per heavy atom. The van der Waals surface area contributed by atoms with E-state index in [0.717, 1.165) is 12.1 Å². The molecule has 0 fully saturated rings. The fourth-order valence-corrected chi connectivity index (χ4v) is 1.88. The molecule has 0 bridgehead atoms. The summed E-state index contributed by atoms with van der Waals surface area (Å²) in [5.41, 5.74) is -0.472. The van der Waals surface area contributed by atoms with Crippen LogP contribution in [-0.2, 0) is 24.1 Å². The maximum Gasteiger partial charge on any atom is 0.416 e. The fraction of sp³-hybridized carbons (Fsp3) is 0.385. The zero-order valence-corrected chi connectivity index (χ0v) is 11.3. The Balaban J connectivity index is 2.45. The van der Waals surface area contributed by atoms with Crippen molar-refractivity contribution in [3.8, 4) is 11.4 Å². The molecule has 2 rings (SSSR count). The summed E-state index contributed by atoms with van der Waals surface area (Å²) in [4.78, 5) is 4.16. The van der Waals surface area contributed by atoms with Crippen molar-refractivity contribution in [2.75, 3.05) is 13.7 Å². The number of aliphatic hydroxyl groups excluding tert-OH is 1. The number of aliphatic hydroxyl groups is 1. The van der Waals surface area contributed by atoms with Crippen molar-refractivity contribution in [1.82, 2.24) is 14.8 Å². The van der Waals surface area contributed by atoms with Gasteiger partial charge in [-0.15, -0.1) is 0 Å². The summed E-state index contributed by atoms with van der Waals surface area (Å²) in [6.45, 7) is 0.0917. The second kappa shape index (κ2) is 6.23. The van der Waals surface area contributed by atoms with Gasteiger partial charge >= 0.3 is 6.18 Å². The van der Waals surface area contributed by atoms with Gasteiger partial charge in [-0.2, -0.15) is 18.3 Å². The van der Waals surface area contributed by atoms with Crippen LogP contribution in [0.2, 0.25) is 0 Å². The molecule has 1 aromatic carbocycles. The van der Waals surface area contributed by atoms with Gasteiger partial charge in [0.05, 0.1) is 18.7 Å². The van der Waals surface area contributed by atoms with Gasteiger partial charge in [-0.1, -0.05) is 12.1 Å². The fourth-order valence-electron chi connectivity index (χ4n) is 1.88. The molecule has 114 valence electrons. The standard InChI is InChI=1S/C13H14F3N3O2/c1-21-8-11-17-12(19(18-11)5-6-20)9-3-2-4-10(7-9)13(14,15)16/h2-4,7,20H,5-6,8H2,1H3. The number of nitrogens with zero attached hydrogens (tertiary/aromatic N) is 3. The number of alkyl halides is 3. The zero-order valence-electron chi connectivity index (χ0n) is 11.3. The highest BCUT2D eigenvalue weighted by Crippen LogP contribution is 2.31. The molecule has 5 nitrogen and oxygen atoms in total. The van der Waals surface area contributed by atoms with Crippen molar-refractivity contribution >= 4 is 0 Å². The van der Waals surface area contributed by atoms with E-state index in [9.17, 15) is 13.2 Å². The molecule has 0 saturated heterocycles. The number of hydrogen-bond acceptors (Lipinski definition) is 4. The molecule has 0 amide bonds. The number of hydrogen-bond donors (Lipinski definition) is 1. The third-order valence-corrected chi connectivity index (χ3v) is 2.75. The number of methoxy groups -OCH3 is 1. The summed E-state index contributed by atoms with van der Waals surface area (Å²) in [5.74, 6) is 0.612. The van der Waals surface area contributed by atoms with Crippen LogP contribution in [0.15, 0.2) is 24.3 Å². The summed E-state index contributed by atoms with van der Waals surface area (Å²) in [5, 5.41) is 13.1. The highest BCUT2D eigenvalue weighted by Gasteiger charge is 2.30. The lowest BCUT2D eigenvalue weighted by molar-refractivity contribution is -0.137. The number of ether oxygens (including phenoxy) is 1. The molecule has 2 aromatic rings. The monoisotopic (exact) mass is 301 g/mol. The van der Waals surface area contributed by atoms with E-state index in [2.05, 4.69) is 10.1 Å². The van der Waals surface area contributed by atoms with Crippen LogP contribution >= 0.6 is 0 Å². The van der Waals surface area contributed by atoms with E-state index in [4.69, 9.17) is 9.84 Å². The van der Waals surface area contributed by atoms with Gasteiger partial charge in [0.2, 0.25) is 0 Å². The Hall–Kier alpha value is -1.93. The van der Waals surface area contributed by atoms with Crippen molar-refractivity contribution in [2.24, 2.45) is 0 Å². The molecule has 1 heterocycles. The van der Waals surface area contributed by atoms with Crippen LogP contribution in [0.5, 0.6) is 0 Å². The summed E-state index contributed by atoms with van der Waals surface area (Å²) >= 11 is 0. The van der Waals surface area contributed by atoms with Crippen LogP contribution in [0.3, 0.4) is 0 Å². The van der Waals surface area contributed by atoms with E-state index in [1.54, 1.807) is 0 Å². The Morgan fingerprint density at radius 1 is 1.33 bits per heavy atom. The van der Waals surface area contributed by atoms with Crippen molar-refractivity contribution in [1.29, 1.82) is 0 Å². The van der Waals surface area contributed by atoms with Crippen LogP contribution in [-0.4, -0.2) is 33.6 Å².